The van der Waals surface area contributed by atoms with Crippen molar-refractivity contribution in [3.63, 3.8) is 0 Å². The van der Waals surface area contributed by atoms with Crippen LogP contribution in [0.1, 0.15) is 25.8 Å². The van der Waals surface area contributed by atoms with Gasteiger partial charge in [0.25, 0.3) is 0 Å². The van der Waals surface area contributed by atoms with E-state index in [1.807, 2.05) is 6.92 Å². The summed E-state index contributed by atoms with van der Waals surface area (Å²) in [4.78, 5) is 22.7. The van der Waals surface area contributed by atoms with Crippen LogP contribution in [0.15, 0.2) is 18.2 Å². The number of carboxylic acid groups (broad SMARTS) is 1. The predicted molar refractivity (Wildman–Crippen MR) is 72.6 cm³/mol. The molecule has 0 heterocycles. The lowest BCUT2D eigenvalue weighted by Crippen LogP contribution is -2.48. The van der Waals surface area contributed by atoms with Crippen LogP contribution in [0.2, 0.25) is 0 Å². The molecule has 2 atom stereocenters. The van der Waals surface area contributed by atoms with Gasteiger partial charge in [0.15, 0.2) is 0 Å². The third-order valence-electron chi connectivity index (χ3n) is 3.21. The Kier molecular flexibility index (Phi) is 6.08. The Morgan fingerprint density at radius 3 is 2.57 bits per heavy atom. The van der Waals surface area contributed by atoms with E-state index < -0.39 is 29.7 Å². The Morgan fingerprint density at radius 2 is 2.00 bits per heavy atom. The summed E-state index contributed by atoms with van der Waals surface area (Å²) in [7, 11) is 0. The second kappa shape index (κ2) is 7.56. The average Bonchev–Trinajstić information content (AvgIpc) is 2.44. The zero-order chi connectivity index (χ0) is 16.0. The van der Waals surface area contributed by atoms with Crippen LogP contribution in [0, 0.1) is 17.6 Å². The van der Waals surface area contributed by atoms with Crippen molar-refractivity contribution in [1.82, 2.24) is 10.6 Å². The molecular formula is C14H18F2N2O3. The third-order valence-corrected chi connectivity index (χ3v) is 3.21. The first-order valence-corrected chi connectivity index (χ1v) is 6.56. The lowest BCUT2D eigenvalue weighted by atomic mass is 9.99. The summed E-state index contributed by atoms with van der Waals surface area (Å²) < 4.78 is 26.3. The Labute approximate surface area is 121 Å². The summed E-state index contributed by atoms with van der Waals surface area (Å²) >= 11 is 0. The summed E-state index contributed by atoms with van der Waals surface area (Å²) in [6, 6.07) is 1.13. The second-order valence-electron chi connectivity index (χ2n) is 4.76. The van der Waals surface area contributed by atoms with Crippen LogP contribution in [0.5, 0.6) is 0 Å². The van der Waals surface area contributed by atoms with Crippen molar-refractivity contribution in [2.45, 2.75) is 32.9 Å². The van der Waals surface area contributed by atoms with Crippen LogP contribution < -0.4 is 10.6 Å². The van der Waals surface area contributed by atoms with Crippen molar-refractivity contribution in [3.05, 3.63) is 35.4 Å². The highest BCUT2D eigenvalue weighted by Crippen LogP contribution is 2.10. The quantitative estimate of drug-likeness (QED) is 0.754. The number of amides is 2. The number of halogens is 2. The van der Waals surface area contributed by atoms with Gasteiger partial charge in [-0.15, -0.1) is 0 Å². The topological polar surface area (TPSA) is 78.4 Å². The maximum absolute atomic E-state index is 13.4. The number of nitrogens with one attached hydrogen (secondary N) is 2. The number of rotatable bonds is 6. The normalized spacial score (nSPS) is 13.3. The van der Waals surface area contributed by atoms with E-state index >= 15 is 0 Å². The van der Waals surface area contributed by atoms with E-state index in [4.69, 9.17) is 5.11 Å². The van der Waals surface area contributed by atoms with Gasteiger partial charge in [-0.1, -0.05) is 20.3 Å². The fraction of sp³-hybridized carbons (Fsp3) is 0.429. The summed E-state index contributed by atoms with van der Waals surface area (Å²) in [6.07, 6.45) is 0.579. The van der Waals surface area contributed by atoms with Crippen LogP contribution >= 0.6 is 0 Å². The lowest BCUT2D eigenvalue weighted by Gasteiger charge is -2.20. The minimum absolute atomic E-state index is 0.0134. The van der Waals surface area contributed by atoms with Gasteiger partial charge in [0, 0.05) is 12.1 Å². The Bertz CT molecular complexity index is 523. The van der Waals surface area contributed by atoms with Crippen LogP contribution in [0.3, 0.4) is 0 Å². The van der Waals surface area contributed by atoms with Crippen LogP contribution in [-0.4, -0.2) is 23.1 Å². The Balaban J connectivity index is 2.61. The molecule has 0 bridgehead atoms. The summed E-state index contributed by atoms with van der Waals surface area (Å²) in [6.45, 7) is 3.27. The molecule has 7 heteroatoms. The monoisotopic (exact) mass is 300 g/mol. The molecule has 1 aromatic rings. The molecule has 0 saturated heterocycles. The van der Waals surface area contributed by atoms with Gasteiger partial charge in [-0.25, -0.2) is 18.4 Å². The van der Waals surface area contributed by atoms with Gasteiger partial charge in [-0.3, -0.25) is 0 Å². The number of benzene rings is 1. The third kappa shape index (κ3) is 5.02. The van der Waals surface area contributed by atoms with Gasteiger partial charge in [-0.2, -0.15) is 0 Å². The first-order chi connectivity index (χ1) is 9.85. The molecule has 0 aromatic heterocycles. The fourth-order valence-electron chi connectivity index (χ4n) is 1.73. The van der Waals surface area contributed by atoms with Gasteiger partial charge in [0.05, 0.1) is 0 Å². The van der Waals surface area contributed by atoms with Gasteiger partial charge in [0.2, 0.25) is 0 Å². The van der Waals surface area contributed by atoms with Crippen molar-refractivity contribution in [1.29, 1.82) is 0 Å². The van der Waals surface area contributed by atoms with Crippen molar-refractivity contribution in [3.8, 4) is 0 Å². The number of hydrogen-bond acceptors (Lipinski definition) is 2. The highest BCUT2D eigenvalue weighted by molar-refractivity contribution is 5.82. The van der Waals surface area contributed by atoms with Crippen LogP contribution in [-0.2, 0) is 11.3 Å². The Hall–Kier alpha value is -2.18. The van der Waals surface area contributed by atoms with Gasteiger partial charge in [0.1, 0.15) is 17.7 Å². The number of aliphatic carboxylic acids is 1. The lowest BCUT2D eigenvalue weighted by molar-refractivity contribution is -0.140. The summed E-state index contributed by atoms with van der Waals surface area (Å²) in [5, 5.41) is 13.7. The fourth-order valence-corrected chi connectivity index (χ4v) is 1.73. The molecule has 0 saturated carbocycles. The van der Waals surface area contributed by atoms with E-state index in [9.17, 15) is 18.4 Å². The van der Waals surface area contributed by atoms with Gasteiger partial charge < -0.3 is 15.7 Å². The number of hydrogen-bond donors (Lipinski definition) is 3. The maximum Gasteiger partial charge on any atom is 0.326 e. The predicted octanol–water partition coefficient (Wildman–Crippen LogP) is 2.26. The molecular weight excluding hydrogens is 282 g/mol. The number of carboxylic acids is 1. The molecule has 5 nitrogen and oxygen atoms in total. The van der Waals surface area contributed by atoms with Crippen LogP contribution in [0.25, 0.3) is 0 Å². The molecule has 0 aliphatic carbocycles. The molecule has 0 aliphatic heterocycles. The number of carbonyl (C=O) groups is 2. The highest BCUT2D eigenvalue weighted by Gasteiger charge is 2.25. The van der Waals surface area contributed by atoms with E-state index in [0.717, 1.165) is 18.2 Å². The maximum atomic E-state index is 13.4. The molecule has 116 valence electrons. The van der Waals surface area contributed by atoms with Gasteiger partial charge in [-0.05, 0) is 24.1 Å². The van der Waals surface area contributed by atoms with Crippen LogP contribution in [0.4, 0.5) is 13.6 Å². The molecule has 0 aliphatic rings. The molecule has 1 aromatic carbocycles. The SMILES string of the molecule is CC[C@H](C)[C@H](NC(=O)NCc1cc(F)ccc1F)C(=O)O. The molecule has 0 unspecified atom stereocenters. The molecule has 21 heavy (non-hydrogen) atoms. The minimum Gasteiger partial charge on any atom is -0.480 e. The highest BCUT2D eigenvalue weighted by atomic mass is 19.1. The van der Waals surface area contributed by atoms with Crippen molar-refractivity contribution >= 4 is 12.0 Å². The van der Waals surface area contributed by atoms with Crippen molar-refractivity contribution in [2.75, 3.05) is 0 Å². The summed E-state index contributed by atoms with van der Waals surface area (Å²) in [5.41, 5.74) is -0.0134. The molecule has 0 radical (unpaired) electrons. The molecule has 0 fully saturated rings. The largest absolute Gasteiger partial charge is 0.480 e. The minimum atomic E-state index is -1.14. The second-order valence-corrected chi connectivity index (χ2v) is 4.76. The molecule has 0 spiro atoms. The van der Waals surface area contributed by atoms with E-state index in [-0.39, 0.29) is 18.0 Å². The first kappa shape index (κ1) is 16.9. The van der Waals surface area contributed by atoms with Crippen molar-refractivity contribution in [2.24, 2.45) is 5.92 Å². The van der Waals surface area contributed by atoms with Crippen molar-refractivity contribution < 1.29 is 23.5 Å². The van der Waals surface area contributed by atoms with E-state index in [0.29, 0.717) is 6.42 Å². The first-order valence-electron chi connectivity index (χ1n) is 6.56. The zero-order valence-electron chi connectivity index (χ0n) is 11.8. The average molecular weight is 300 g/mol. The smallest absolute Gasteiger partial charge is 0.326 e. The molecule has 1 rings (SSSR count). The van der Waals surface area contributed by atoms with E-state index in [1.165, 1.54) is 0 Å². The van der Waals surface area contributed by atoms with Gasteiger partial charge >= 0.3 is 12.0 Å². The van der Waals surface area contributed by atoms with E-state index in [2.05, 4.69) is 10.6 Å². The molecule has 3 N–H and O–H groups in total. The number of urea groups is 1. The zero-order valence-corrected chi connectivity index (χ0v) is 11.8. The summed E-state index contributed by atoms with van der Waals surface area (Å²) in [5.74, 6) is -2.65. The standard InChI is InChI=1S/C14H18F2N2O3/c1-3-8(2)12(13(19)20)18-14(21)17-7-9-6-10(15)4-5-11(9)16/h4-6,8,12H,3,7H2,1-2H3,(H,19,20)(H2,17,18,21)/t8-,12-/m0/s1. The van der Waals surface area contributed by atoms with E-state index in [1.54, 1.807) is 6.92 Å². The molecule has 2 amide bonds. The Morgan fingerprint density at radius 1 is 1.33 bits per heavy atom. The number of carbonyl (C=O) groups excluding carboxylic acids is 1.